The topological polar surface area (TPSA) is 42.2 Å². The summed E-state index contributed by atoms with van der Waals surface area (Å²) in [5, 5.41) is 12.0. The van der Waals surface area contributed by atoms with Gasteiger partial charge in [0.15, 0.2) is 0 Å². The van der Waals surface area contributed by atoms with Gasteiger partial charge in [0, 0.05) is 22.7 Å². The molecule has 0 bridgehead atoms. The second kappa shape index (κ2) is 6.89. The van der Waals surface area contributed by atoms with Crippen molar-refractivity contribution in [3.63, 3.8) is 0 Å². The molecule has 0 amide bonds. The van der Waals surface area contributed by atoms with Crippen LogP contribution in [0, 0.1) is 5.41 Å². The molecule has 1 unspecified atom stereocenters. The van der Waals surface area contributed by atoms with Crippen LogP contribution in [0.15, 0.2) is 60.0 Å². The third-order valence-electron chi connectivity index (χ3n) is 4.32. The van der Waals surface area contributed by atoms with Gasteiger partial charge in [0.2, 0.25) is 0 Å². The molecule has 3 aromatic rings. The maximum absolute atomic E-state index is 12.2. The van der Waals surface area contributed by atoms with Crippen LogP contribution in [0.5, 0.6) is 0 Å². The molecule has 130 valence electrons. The van der Waals surface area contributed by atoms with Crippen LogP contribution in [0.4, 0.5) is 0 Å². The number of rotatable bonds is 5. The van der Waals surface area contributed by atoms with Gasteiger partial charge < -0.3 is 9.67 Å². The fourth-order valence-electron chi connectivity index (χ4n) is 3.24. The molecule has 0 saturated heterocycles. The number of thiophene rings is 1. The maximum Gasteiger partial charge on any atom is 0.327 e. The minimum Gasteiger partial charge on any atom is -0.480 e. The highest BCUT2D eigenvalue weighted by Gasteiger charge is 2.35. The van der Waals surface area contributed by atoms with E-state index >= 15 is 0 Å². The van der Waals surface area contributed by atoms with E-state index in [1.165, 1.54) is 4.88 Å². The van der Waals surface area contributed by atoms with Gasteiger partial charge in [-0.05, 0) is 34.6 Å². The van der Waals surface area contributed by atoms with Crippen molar-refractivity contribution in [1.29, 1.82) is 0 Å². The number of aliphatic carboxylic acids is 1. The number of carbonyl (C=O) groups is 1. The highest BCUT2D eigenvalue weighted by molar-refractivity contribution is 7.09. The van der Waals surface area contributed by atoms with Crippen molar-refractivity contribution < 1.29 is 9.90 Å². The second-order valence-corrected chi connectivity index (χ2v) is 8.34. The normalized spacial score (nSPS) is 12.9. The fraction of sp³-hybridized carbons (Fsp3) is 0.286. The first-order valence-electron chi connectivity index (χ1n) is 8.38. The standard InChI is InChI=1S/C21H23NO2S/c1-21(2,3)19(20(23)24)22-16(14-17-10-7-13-25-17)11-12-18(22)15-8-5-4-6-9-15/h4-13,19H,14H2,1-3H3,(H,23,24). The Morgan fingerprint density at radius 1 is 1.08 bits per heavy atom. The highest BCUT2D eigenvalue weighted by atomic mass is 32.1. The van der Waals surface area contributed by atoms with Crippen molar-refractivity contribution in [3.8, 4) is 11.3 Å². The van der Waals surface area contributed by atoms with Gasteiger partial charge in [0.1, 0.15) is 6.04 Å². The van der Waals surface area contributed by atoms with Crippen LogP contribution in [0.3, 0.4) is 0 Å². The average molecular weight is 353 g/mol. The third kappa shape index (κ3) is 3.69. The van der Waals surface area contributed by atoms with E-state index in [0.29, 0.717) is 0 Å². The van der Waals surface area contributed by atoms with E-state index in [0.717, 1.165) is 23.4 Å². The average Bonchev–Trinajstić information content (AvgIpc) is 3.18. The molecule has 0 aliphatic rings. The van der Waals surface area contributed by atoms with Gasteiger partial charge >= 0.3 is 5.97 Å². The Hall–Kier alpha value is -2.33. The molecule has 0 saturated carbocycles. The first kappa shape index (κ1) is 17.5. The summed E-state index contributed by atoms with van der Waals surface area (Å²) in [6.07, 6.45) is 0.740. The SMILES string of the molecule is CC(C)(C)C(C(=O)O)n1c(Cc2cccs2)ccc1-c1ccccc1. The van der Waals surface area contributed by atoms with Crippen LogP contribution in [0.25, 0.3) is 11.3 Å². The summed E-state index contributed by atoms with van der Waals surface area (Å²) in [5.41, 5.74) is 2.62. The Labute approximate surface area is 152 Å². The molecule has 4 heteroatoms. The number of carboxylic acids is 1. The van der Waals surface area contributed by atoms with Gasteiger partial charge in [-0.2, -0.15) is 0 Å². The van der Waals surface area contributed by atoms with Gasteiger partial charge in [-0.25, -0.2) is 4.79 Å². The summed E-state index contributed by atoms with van der Waals surface area (Å²) in [6, 6.07) is 17.6. The molecule has 3 nitrogen and oxygen atoms in total. The minimum atomic E-state index is -0.798. The van der Waals surface area contributed by atoms with E-state index in [4.69, 9.17) is 0 Å². The predicted molar refractivity (Wildman–Crippen MR) is 103 cm³/mol. The van der Waals surface area contributed by atoms with Crippen molar-refractivity contribution >= 4 is 17.3 Å². The smallest absolute Gasteiger partial charge is 0.327 e. The molecule has 1 atom stereocenters. The van der Waals surface area contributed by atoms with E-state index in [-0.39, 0.29) is 0 Å². The number of benzene rings is 1. The molecular formula is C21H23NO2S. The molecule has 2 aromatic heterocycles. The van der Waals surface area contributed by atoms with E-state index in [1.54, 1.807) is 11.3 Å². The summed E-state index contributed by atoms with van der Waals surface area (Å²) in [5.74, 6) is -0.798. The van der Waals surface area contributed by atoms with E-state index < -0.39 is 17.4 Å². The molecule has 0 spiro atoms. The van der Waals surface area contributed by atoms with Gasteiger partial charge in [0.25, 0.3) is 0 Å². The third-order valence-corrected chi connectivity index (χ3v) is 5.20. The lowest BCUT2D eigenvalue weighted by molar-refractivity contribution is -0.144. The van der Waals surface area contributed by atoms with Crippen molar-refractivity contribution in [3.05, 3.63) is 70.5 Å². The van der Waals surface area contributed by atoms with Gasteiger partial charge in [-0.15, -0.1) is 11.3 Å². The largest absolute Gasteiger partial charge is 0.480 e. The zero-order valence-electron chi connectivity index (χ0n) is 14.8. The van der Waals surface area contributed by atoms with Crippen molar-refractivity contribution in [2.45, 2.75) is 33.2 Å². The van der Waals surface area contributed by atoms with E-state index in [1.807, 2.05) is 67.8 Å². The molecule has 0 aliphatic heterocycles. The van der Waals surface area contributed by atoms with Crippen molar-refractivity contribution in [2.75, 3.05) is 0 Å². The first-order valence-corrected chi connectivity index (χ1v) is 9.26. The Morgan fingerprint density at radius 3 is 2.36 bits per heavy atom. The minimum absolute atomic E-state index is 0.404. The van der Waals surface area contributed by atoms with Gasteiger partial charge in [-0.1, -0.05) is 57.2 Å². The van der Waals surface area contributed by atoms with Gasteiger partial charge in [-0.3, -0.25) is 0 Å². The lowest BCUT2D eigenvalue weighted by Crippen LogP contribution is -2.33. The Balaban J connectivity index is 2.17. The van der Waals surface area contributed by atoms with Crippen LogP contribution in [-0.4, -0.2) is 15.6 Å². The van der Waals surface area contributed by atoms with Crippen LogP contribution < -0.4 is 0 Å². The number of hydrogen-bond donors (Lipinski definition) is 1. The van der Waals surface area contributed by atoms with Crippen LogP contribution >= 0.6 is 11.3 Å². The predicted octanol–water partition coefficient (Wildman–Crippen LogP) is 5.48. The molecule has 1 N–H and O–H groups in total. The Kier molecular flexibility index (Phi) is 4.82. The summed E-state index contributed by atoms with van der Waals surface area (Å²) in [7, 11) is 0. The molecule has 25 heavy (non-hydrogen) atoms. The maximum atomic E-state index is 12.2. The van der Waals surface area contributed by atoms with Crippen LogP contribution in [0.2, 0.25) is 0 Å². The van der Waals surface area contributed by atoms with Gasteiger partial charge in [0.05, 0.1) is 0 Å². The lowest BCUT2D eigenvalue weighted by atomic mass is 9.86. The van der Waals surface area contributed by atoms with Crippen LogP contribution in [-0.2, 0) is 11.2 Å². The summed E-state index contributed by atoms with van der Waals surface area (Å²) in [4.78, 5) is 13.4. The van der Waals surface area contributed by atoms with Crippen LogP contribution in [0.1, 0.15) is 37.4 Å². The molecule has 0 radical (unpaired) electrons. The number of hydrogen-bond acceptors (Lipinski definition) is 2. The monoisotopic (exact) mass is 353 g/mol. The number of carboxylic acid groups (broad SMARTS) is 1. The highest BCUT2D eigenvalue weighted by Crippen LogP contribution is 2.37. The van der Waals surface area contributed by atoms with Crippen molar-refractivity contribution in [2.24, 2.45) is 5.41 Å². The van der Waals surface area contributed by atoms with E-state index in [2.05, 4.69) is 17.5 Å². The Morgan fingerprint density at radius 2 is 1.80 bits per heavy atom. The molecule has 0 fully saturated rings. The second-order valence-electron chi connectivity index (χ2n) is 7.31. The summed E-state index contributed by atoms with van der Waals surface area (Å²) in [6.45, 7) is 5.94. The quantitative estimate of drug-likeness (QED) is 0.660. The molecule has 0 aliphatic carbocycles. The molecule has 3 rings (SSSR count). The summed E-state index contributed by atoms with van der Waals surface area (Å²) >= 11 is 1.70. The molecular weight excluding hydrogens is 330 g/mol. The lowest BCUT2D eigenvalue weighted by Gasteiger charge is -2.31. The van der Waals surface area contributed by atoms with Crippen molar-refractivity contribution in [1.82, 2.24) is 4.57 Å². The zero-order chi connectivity index (χ0) is 18.0. The zero-order valence-corrected chi connectivity index (χ0v) is 15.6. The Bertz CT molecular complexity index is 842. The fourth-order valence-corrected chi connectivity index (χ4v) is 3.96. The van der Waals surface area contributed by atoms with E-state index in [9.17, 15) is 9.90 Å². The summed E-state index contributed by atoms with van der Waals surface area (Å²) < 4.78 is 2.01. The number of aromatic nitrogens is 1. The molecule has 1 aromatic carbocycles. The molecule has 2 heterocycles. The number of nitrogens with zero attached hydrogens (tertiary/aromatic N) is 1. The first-order chi connectivity index (χ1) is 11.9.